The third-order valence-corrected chi connectivity index (χ3v) is 5.51. The number of methoxy groups -OCH3 is 1. The van der Waals surface area contributed by atoms with E-state index in [1.54, 1.807) is 7.11 Å². The average Bonchev–Trinajstić information content (AvgIpc) is 2.88. The van der Waals surface area contributed by atoms with Gasteiger partial charge in [0.15, 0.2) is 0 Å². The molecule has 0 spiro atoms. The van der Waals surface area contributed by atoms with E-state index in [0.29, 0.717) is 24.4 Å². The fourth-order valence-electron chi connectivity index (χ4n) is 3.94. The zero-order valence-electron chi connectivity index (χ0n) is 14.0. The summed E-state index contributed by atoms with van der Waals surface area (Å²) in [4.78, 5) is 15.3. The van der Waals surface area contributed by atoms with Gasteiger partial charge < -0.3 is 15.4 Å². The van der Waals surface area contributed by atoms with Crippen LogP contribution in [-0.2, 0) is 10.2 Å². The van der Waals surface area contributed by atoms with E-state index < -0.39 is 0 Å². The van der Waals surface area contributed by atoms with Crippen LogP contribution in [0.4, 0.5) is 0 Å². The standard InChI is InChI=1S/C18H26N2O2.ClH/c1-13-10-14(11-19)12-20(13)17(21)18(8-3-9-18)15-4-6-16(22-2)7-5-15;/h4-7,13-14H,3,8-12,19H2,1-2H3;1H. The van der Waals surface area contributed by atoms with Gasteiger partial charge in [0.1, 0.15) is 5.75 Å². The molecule has 2 unspecified atom stereocenters. The highest BCUT2D eigenvalue weighted by Gasteiger charge is 2.49. The van der Waals surface area contributed by atoms with Crippen molar-refractivity contribution in [2.24, 2.45) is 11.7 Å². The van der Waals surface area contributed by atoms with Crippen LogP contribution >= 0.6 is 12.4 Å². The largest absolute Gasteiger partial charge is 0.497 e. The minimum atomic E-state index is -0.315. The number of likely N-dealkylation sites (tertiary alicyclic amines) is 1. The monoisotopic (exact) mass is 338 g/mol. The highest BCUT2D eigenvalue weighted by molar-refractivity contribution is 5.89. The summed E-state index contributed by atoms with van der Waals surface area (Å²) in [5.41, 5.74) is 6.62. The second-order valence-electron chi connectivity index (χ2n) is 6.81. The van der Waals surface area contributed by atoms with Gasteiger partial charge >= 0.3 is 0 Å². The average molecular weight is 339 g/mol. The molecular formula is C18H27ClN2O2. The smallest absolute Gasteiger partial charge is 0.233 e. The van der Waals surface area contributed by atoms with Crippen molar-refractivity contribution in [2.45, 2.75) is 44.1 Å². The Morgan fingerprint density at radius 1 is 1.35 bits per heavy atom. The molecule has 1 aliphatic carbocycles. The molecule has 1 heterocycles. The van der Waals surface area contributed by atoms with E-state index in [9.17, 15) is 4.79 Å². The van der Waals surface area contributed by atoms with Crippen LogP contribution in [0.2, 0.25) is 0 Å². The van der Waals surface area contributed by atoms with Crippen LogP contribution in [0, 0.1) is 5.92 Å². The first-order valence-corrected chi connectivity index (χ1v) is 8.26. The number of rotatable bonds is 4. The van der Waals surface area contributed by atoms with Crippen LogP contribution in [0.25, 0.3) is 0 Å². The summed E-state index contributed by atoms with van der Waals surface area (Å²) in [5, 5.41) is 0. The lowest BCUT2D eigenvalue weighted by Crippen LogP contribution is -2.52. The van der Waals surface area contributed by atoms with E-state index in [-0.39, 0.29) is 17.8 Å². The van der Waals surface area contributed by atoms with Gasteiger partial charge in [-0.2, -0.15) is 0 Å². The zero-order valence-corrected chi connectivity index (χ0v) is 14.8. The van der Waals surface area contributed by atoms with Crippen LogP contribution in [-0.4, -0.2) is 37.0 Å². The highest BCUT2D eigenvalue weighted by Crippen LogP contribution is 2.46. The number of benzene rings is 1. The molecular weight excluding hydrogens is 312 g/mol. The highest BCUT2D eigenvalue weighted by atomic mass is 35.5. The molecule has 2 aliphatic rings. The molecule has 1 aliphatic heterocycles. The molecule has 1 saturated carbocycles. The van der Waals surface area contributed by atoms with Crippen molar-refractivity contribution in [2.75, 3.05) is 20.2 Å². The van der Waals surface area contributed by atoms with Gasteiger partial charge in [-0.25, -0.2) is 0 Å². The van der Waals surface area contributed by atoms with E-state index in [0.717, 1.165) is 43.5 Å². The van der Waals surface area contributed by atoms with Crippen molar-refractivity contribution in [1.29, 1.82) is 0 Å². The summed E-state index contributed by atoms with van der Waals surface area (Å²) in [6, 6.07) is 8.32. The fraction of sp³-hybridized carbons (Fsp3) is 0.611. The van der Waals surface area contributed by atoms with Crippen molar-refractivity contribution in [3.63, 3.8) is 0 Å². The fourth-order valence-corrected chi connectivity index (χ4v) is 3.94. The number of ether oxygens (including phenoxy) is 1. The van der Waals surface area contributed by atoms with Gasteiger partial charge in [0.05, 0.1) is 12.5 Å². The van der Waals surface area contributed by atoms with Gasteiger partial charge in [0, 0.05) is 12.6 Å². The van der Waals surface area contributed by atoms with Crippen molar-refractivity contribution >= 4 is 18.3 Å². The molecule has 0 bridgehead atoms. The Bertz CT molecular complexity index is 542. The predicted molar refractivity (Wildman–Crippen MR) is 94.1 cm³/mol. The Morgan fingerprint density at radius 3 is 2.43 bits per heavy atom. The summed E-state index contributed by atoms with van der Waals surface area (Å²) in [6.07, 6.45) is 4.06. The molecule has 3 rings (SSSR count). The molecule has 4 nitrogen and oxygen atoms in total. The minimum Gasteiger partial charge on any atom is -0.497 e. The Morgan fingerprint density at radius 2 is 2.00 bits per heavy atom. The predicted octanol–water partition coefficient (Wildman–Crippen LogP) is 2.73. The van der Waals surface area contributed by atoms with E-state index in [2.05, 4.69) is 24.0 Å². The summed E-state index contributed by atoms with van der Waals surface area (Å²) in [7, 11) is 1.66. The first-order valence-electron chi connectivity index (χ1n) is 8.26. The number of hydrogen-bond donors (Lipinski definition) is 1. The molecule has 2 fully saturated rings. The molecule has 2 N–H and O–H groups in total. The molecule has 1 amide bonds. The topological polar surface area (TPSA) is 55.6 Å². The Kier molecular flexibility index (Phi) is 5.58. The molecule has 2 atom stereocenters. The normalized spacial score (nSPS) is 25.4. The summed E-state index contributed by atoms with van der Waals surface area (Å²) in [6.45, 7) is 3.63. The van der Waals surface area contributed by atoms with Crippen LogP contribution in [0.5, 0.6) is 5.75 Å². The molecule has 128 valence electrons. The molecule has 1 aromatic rings. The number of amides is 1. The third kappa shape index (κ3) is 3.07. The third-order valence-electron chi connectivity index (χ3n) is 5.51. The number of nitrogens with two attached hydrogens (primary N) is 1. The van der Waals surface area contributed by atoms with E-state index in [1.807, 2.05) is 12.1 Å². The van der Waals surface area contributed by atoms with Gasteiger partial charge in [-0.3, -0.25) is 4.79 Å². The molecule has 5 heteroatoms. The van der Waals surface area contributed by atoms with E-state index in [1.165, 1.54) is 0 Å². The lowest BCUT2D eigenvalue weighted by Gasteiger charge is -2.44. The van der Waals surface area contributed by atoms with Crippen molar-refractivity contribution < 1.29 is 9.53 Å². The van der Waals surface area contributed by atoms with Crippen molar-refractivity contribution in [1.82, 2.24) is 4.90 Å². The minimum absolute atomic E-state index is 0. The van der Waals surface area contributed by atoms with Crippen molar-refractivity contribution in [3.8, 4) is 5.75 Å². The van der Waals surface area contributed by atoms with Gasteiger partial charge in [-0.15, -0.1) is 12.4 Å². The lowest BCUT2D eigenvalue weighted by atomic mass is 9.63. The lowest BCUT2D eigenvalue weighted by molar-refractivity contribution is -0.141. The summed E-state index contributed by atoms with van der Waals surface area (Å²) < 4.78 is 5.23. The summed E-state index contributed by atoms with van der Waals surface area (Å²) in [5.74, 6) is 1.59. The van der Waals surface area contributed by atoms with Crippen LogP contribution in [0.3, 0.4) is 0 Å². The number of halogens is 1. The Balaban J connectivity index is 0.00000192. The second kappa shape index (κ2) is 7.10. The molecule has 1 saturated heterocycles. The van der Waals surface area contributed by atoms with Crippen LogP contribution < -0.4 is 10.5 Å². The van der Waals surface area contributed by atoms with E-state index >= 15 is 0 Å². The second-order valence-corrected chi connectivity index (χ2v) is 6.81. The van der Waals surface area contributed by atoms with Crippen molar-refractivity contribution in [3.05, 3.63) is 29.8 Å². The maximum absolute atomic E-state index is 13.2. The molecule has 23 heavy (non-hydrogen) atoms. The van der Waals surface area contributed by atoms with Crippen LogP contribution in [0.15, 0.2) is 24.3 Å². The quantitative estimate of drug-likeness (QED) is 0.918. The maximum Gasteiger partial charge on any atom is 0.233 e. The first-order chi connectivity index (χ1) is 10.6. The van der Waals surface area contributed by atoms with Gasteiger partial charge in [-0.1, -0.05) is 18.6 Å². The first kappa shape index (κ1) is 18.1. The van der Waals surface area contributed by atoms with Gasteiger partial charge in [0.25, 0.3) is 0 Å². The number of nitrogens with zero attached hydrogens (tertiary/aromatic N) is 1. The van der Waals surface area contributed by atoms with Gasteiger partial charge in [-0.05, 0) is 56.3 Å². The Labute approximate surface area is 144 Å². The zero-order chi connectivity index (χ0) is 15.7. The maximum atomic E-state index is 13.2. The Hall–Kier alpha value is -1.26. The number of hydrogen-bond acceptors (Lipinski definition) is 3. The van der Waals surface area contributed by atoms with Crippen LogP contribution in [0.1, 0.15) is 38.2 Å². The number of carbonyl (C=O) groups excluding carboxylic acids is 1. The van der Waals surface area contributed by atoms with Gasteiger partial charge in [0.2, 0.25) is 5.91 Å². The van der Waals surface area contributed by atoms with E-state index in [4.69, 9.17) is 10.5 Å². The molecule has 1 aromatic carbocycles. The number of carbonyl (C=O) groups is 1. The molecule has 0 radical (unpaired) electrons. The SMILES string of the molecule is COc1ccc(C2(C(=O)N3CC(CN)CC3C)CCC2)cc1.Cl. The molecule has 0 aromatic heterocycles. The summed E-state index contributed by atoms with van der Waals surface area (Å²) >= 11 is 0.